The fourth-order valence-electron chi connectivity index (χ4n) is 2.28. The highest BCUT2D eigenvalue weighted by molar-refractivity contribution is 7.92. The summed E-state index contributed by atoms with van der Waals surface area (Å²) in [6.07, 6.45) is 1.88. The van der Waals surface area contributed by atoms with E-state index in [4.69, 9.17) is 4.74 Å². The van der Waals surface area contributed by atoms with E-state index >= 15 is 0 Å². The molecule has 1 atom stereocenters. The van der Waals surface area contributed by atoms with Crippen LogP contribution in [0.4, 0.5) is 5.69 Å². The van der Waals surface area contributed by atoms with Crippen molar-refractivity contribution >= 4 is 21.6 Å². The van der Waals surface area contributed by atoms with E-state index in [2.05, 4.69) is 5.32 Å². The van der Waals surface area contributed by atoms with Crippen LogP contribution in [0.2, 0.25) is 0 Å². The zero-order valence-electron chi connectivity index (χ0n) is 15.8. The van der Waals surface area contributed by atoms with Crippen molar-refractivity contribution in [3.05, 3.63) is 24.3 Å². The van der Waals surface area contributed by atoms with E-state index in [1.165, 1.54) is 4.31 Å². The molecule has 1 unspecified atom stereocenters. The van der Waals surface area contributed by atoms with E-state index in [9.17, 15) is 13.2 Å². The summed E-state index contributed by atoms with van der Waals surface area (Å²) in [5, 5.41) is 2.93. The van der Waals surface area contributed by atoms with Crippen LogP contribution in [0.3, 0.4) is 0 Å². The van der Waals surface area contributed by atoms with E-state index in [1.807, 2.05) is 27.7 Å². The van der Waals surface area contributed by atoms with Gasteiger partial charge in [-0.2, -0.15) is 0 Å². The fourth-order valence-corrected chi connectivity index (χ4v) is 3.25. The maximum absolute atomic E-state index is 12.2. The van der Waals surface area contributed by atoms with Crippen molar-refractivity contribution in [2.45, 2.75) is 46.6 Å². The molecule has 25 heavy (non-hydrogen) atoms. The quantitative estimate of drug-likeness (QED) is 0.687. The normalized spacial score (nSPS) is 12.7. The molecule has 0 aliphatic heterocycles. The lowest BCUT2D eigenvalue weighted by atomic mass is 10.1. The number of anilines is 1. The van der Waals surface area contributed by atoms with Crippen molar-refractivity contribution in [3.63, 3.8) is 0 Å². The molecule has 0 saturated carbocycles. The Balaban J connectivity index is 2.78. The molecule has 0 bridgehead atoms. The average molecular weight is 371 g/mol. The predicted octanol–water partition coefficient (Wildman–Crippen LogP) is 2.79. The first kappa shape index (κ1) is 21.3. The number of carbonyl (C=O) groups excluding carboxylic acids is 1. The Labute approximate surface area is 151 Å². The molecule has 1 rings (SSSR count). The number of carbonyl (C=O) groups is 1. The highest BCUT2D eigenvalue weighted by Crippen LogP contribution is 2.30. The predicted molar refractivity (Wildman–Crippen MR) is 101 cm³/mol. The summed E-state index contributed by atoms with van der Waals surface area (Å²) in [6.45, 7) is 8.57. The van der Waals surface area contributed by atoms with Gasteiger partial charge in [-0.25, -0.2) is 8.42 Å². The molecule has 1 N–H and O–H groups in total. The maximum atomic E-state index is 12.2. The highest BCUT2D eigenvalue weighted by Gasteiger charge is 2.21. The Bertz CT molecular complexity index is 659. The molecule has 0 radical (unpaired) electrons. The molecule has 7 heteroatoms. The summed E-state index contributed by atoms with van der Waals surface area (Å²) in [5.74, 6) is 0.815. The van der Waals surface area contributed by atoms with Crippen molar-refractivity contribution in [2.24, 2.45) is 5.92 Å². The number of rotatable bonds is 10. The monoisotopic (exact) mass is 370 g/mol. The summed E-state index contributed by atoms with van der Waals surface area (Å²) >= 11 is 0. The van der Waals surface area contributed by atoms with Gasteiger partial charge in [0.15, 0.2) is 0 Å². The Kier molecular flexibility index (Phi) is 8.22. The Hall–Kier alpha value is -1.76. The first-order valence-electron chi connectivity index (χ1n) is 8.65. The summed E-state index contributed by atoms with van der Waals surface area (Å²) in [4.78, 5) is 12.0. The van der Waals surface area contributed by atoms with Gasteiger partial charge in [-0.1, -0.05) is 26.0 Å². The summed E-state index contributed by atoms with van der Waals surface area (Å²) in [5.41, 5.74) is 0.503. The van der Waals surface area contributed by atoms with Crippen LogP contribution in [-0.2, 0) is 14.8 Å². The zero-order valence-corrected chi connectivity index (χ0v) is 16.6. The van der Waals surface area contributed by atoms with Gasteiger partial charge in [0.05, 0.1) is 18.6 Å². The number of hydrogen-bond donors (Lipinski definition) is 1. The topological polar surface area (TPSA) is 75.7 Å². The van der Waals surface area contributed by atoms with Gasteiger partial charge in [-0.3, -0.25) is 9.10 Å². The third-order valence-corrected chi connectivity index (χ3v) is 5.17. The third-order valence-electron chi connectivity index (χ3n) is 3.99. The van der Waals surface area contributed by atoms with Gasteiger partial charge in [0.1, 0.15) is 5.75 Å². The van der Waals surface area contributed by atoms with Gasteiger partial charge >= 0.3 is 0 Å². The molecule has 0 heterocycles. The number of hydrogen-bond acceptors (Lipinski definition) is 4. The maximum Gasteiger partial charge on any atom is 0.232 e. The lowest BCUT2D eigenvalue weighted by Gasteiger charge is -2.24. The van der Waals surface area contributed by atoms with Crippen molar-refractivity contribution < 1.29 is 17.9 Å². The lowest BCUT2D eigenvalue weighted by molar-refractivity contribution is -0.122. The highest BCUT2D eigenvalue weighted by atomic mass is 32.2. The van der Waals surface area contributed by atoms with Gasteiger partial charge in [0.25, 0.3) is 0 Å². The number of sulfonamides is 1. The van der Waals surface area contributed by atoms with Crippen LogP contribution >= 0.6 is 0 Å². The smallest absolute Gasteiger partial charge is 0.232 e. The first-order valence-corrected chi connectivity index (χ1v) is 10.5. The minimum Gasteiger partial charge on any atom is -0.492 e. The number of para-hydroxylation sites is 2. The summed E-state index contributed by atoms with van der Waals surface area (Å²) in [6, 6.07) is 7.13. The van der Waals surface area contributed by atoms with Crippen molar-refractivity contribution in [1.82, 2.24) is 5.32 Å². The number of benzene rings is 1. The number of nitrogens with one attached hydrogen (secondary N) is 1. The fraction of sp³-hybridized carbons (Fsp3) is 0.611. The zero-order chi connectivity index (χ0) is 19.0. The summed E-state index contributed by atoms with van der Waals surface area (Å²) in [7, 11) is -3.47. The van der Waals surface area contributed by atoms with Crippen LogP contribution in [0.5, 0.6) is 5.75 Å². The number of amides is 1. The Morgan fingerprint density at radius 1 is 1.24 bits per heavy atom. The van der Waals surface area contributed by atoms with Gasteiger partial charge in [-0.05, 0) is 38.3 Å². The van der Waals surface area contributed by atoms with Crippen LogP contribution < -0.4 is 14.4 Å². The second-order valence-electron chi connectivity index (χ2n) is 6.44. The molecular weight excluding hydrogens is 340 g/mol. The van der Waals surface area contributed by atoms with Gasteiger partial charge in [0, 0.05) is 19.0 Å². The SMILES string of the molecule is CCOc1ccccc1N(CCCC(=O)NC(C)C(C)C)S(C)(=O)=O. The number of nitrogens with zero attached hydrogens (tertiary/aromatic N) is 1. The molecule has 0 spiro atoms. The number of ether oxygens (including phenoxy) is 1. The standard InChI is InChI=1S/C18H30N2O4S/c1-6-24-17-11-8-7-10-16(17)20(25(5,22)23)13-9-12-18(21)19-15(4)14(2)3/h7-8,10-11,14-15H,6,9,12-13H2,1-5H3,(H,19,21). The lowest BCUT2D eigenvalue weighted by Crippen LogP contribution is -2.37. The van der Waals surface area contributed by atoms with Crippen molar-refractivity contribution in [3.8, 4) is 5.75 Å². The molecule has 1 amide bonds. The van der Waals surface area contributed by atoms with Crippen LogP contribution in [0.25, 0.3) is 0 Å². The Morgan fingerprint density at radius 3 is 2.44 bits per heavy atom. The van der Waals surface area contributed by atoms with Crippen LogP contribution in [0.15, 0.2) is 24.3 Å². The van der Waals surface area contributed by atoms with E-state index in [-0.39, 0.29) is 24.9 Å². The largest absolute Gasteiger partial charge is 0.492 e. The molecule has 0 aromatic heterocycles. The van der Waals surface area contributed by atoms with Crippen LogP contribution in [0, 0.1) is 5.92 Å². The average Bonchev–Trinajstić information content (AvgIpc) is 2.51. The third kappa shape index (κ3) is 6.94. The van der Waals surface area contributed by atoms with Crippen molar-refractivity contribution in [2.75, 3.05) is 23.7 Å². The van der Waals surface area contributed by atoms with Gasteiger partial charge in [0.2, 0.25) is 15.9 Å². The van der Waals surface area contributed by atoms with Crippen LogP contribution in [-0.4, -0.2) is 39.8 Å². The van der Waals surface area contributed by atoms with E-state index < -0.39 is 10.0 Å². The molecule has 1 aromatic carbocycles. The van der Waals surface area contributed by atoms with Crippen LogP contribution in [0.1, 0.15) is 40.5 Å². The molecule has 0 saturated heterocycles. The van der Waals surface area contributed by atoms with Gasteiger partial charge < -0.3 is 10.1 Å². The molecule has 0 fully saturated rings. The van der Waals surface area contributed by atoms with E-state index in [0.717, 1.165) is 6.26 Å². The molecule has 6 nitrogen and oxygen atoms in total. The molecular formula is C18H30N2O4S. The molecule has 0 aliphatic rings. The Morgan fingerprint density at radius 2 is 1.88 bits per heavy atom. The second-order valence-corrected chi connectivity index (χ2v) is 8.35. The summed E-state index contributed by atoms with van der Waals surface area (Å²) < 4.78 is 31.2. The van der Waals surface area contributed by atoms with Gasteiger partial charge in [-0.15, -0.1) is 0 Å². The second kappa shape index (κ2) is 9.65. The van der Waals surface area contributed by atoms with Crippen molar-refractivity contribution in [1.29, 1.82) is 0 Å². The molecule has 0 aliphatic carbocycles. The van der Waals surface area contributed by atoms with E-state index in [0.29, 0.717) is 30.4 Å². The minimum absolute atomic E-state index is 0.0623. The van der Waals surface area contributed by atoms with E-state index in [1.54, 1.807) is 24.3 Å². The first-order chi connectivity index (χ1) is 11.7. The minimum atomic E-state index is -3.47. The molecule has 1 aromatic rings. The molecule has 142 valence electrons.